The predicted octanol–water partition coefficient (Wildman–Crippen LogP) is 1.93. The van der Waals surface area contributed by atoms with E-state index >= 15 is 0 Å². The topological polar surface area (TPSA) is 42.1 Å². The van der Waals surface area contributed by atoms with Crippen molar-refractivity contribution >= 4 is 0 Å². The molecule has 96 valence electrons. The van der Waals surface area contributed by atoms with Crippen LogP contribution in [0, 0.1) is 5.92 Å². The van der Waals surface area contributed by atoms with Crippen LogP contribution in [0.2, 0.25) is 0 Å². The maximum atomic E-state index is 6.14. The second kappa shape index (κ2) is 7.41. The van der Waals surface area contributed by atoms with Gasteiger partial charge >= 0.3 is 0 Å². The fourth-order valence-electron chi connectivity index (χ4n) is 1.79. The van der Waals surface area contributed by atoms with Crippen LogP contribution in [0.3, 0.4) is 0 Å². The lowest BCUT2D eigenvalue weighted by Crippen LogP contribution is -2.40. The van der Waals surface area contributed by atoms with Crippen molar-refractivity contribution in [3.8, 4) is 0 Å². The van der Waals surface area contributed by atoms with Gasteiger partial charge in [0.1, 0.15) is 0 Å². The summed E-state index contributed by atoms with van der Waals surface area (Å²) in [6.45, 7) is 6.39. The first-order chi connectivity index (χ1) is 8.13. The second-order valence-electron chi connectivity index (χ2n) is 4.88. The SMILES string of the molecule is CC[C@@H](C)[C@@H](N)CN(C)CCc1ccccn1. The zero-order valence-electron chi connectivity index (χ0n) is 11.3. The van der Waals surface area contributed by atoms with Gasteiger partial charge in [0, 0.05) is 37.4 Å². The van der Waals surface area contributed by atoms with Gasteiger partial charge in [-0.1, -0.05) is 26.3 Å². The van der Waals surface area contributed by atoms with Gasteiger partial charge in [-0.05, 0) is 25.1 Å². The third kappa shape index (κ3) is 5.29. The van der Waals surface area contributed by atoms with Crippen molar-refractivity contribution in [1.29, 1.82) is 0 Å². The molecule has 1 aromatic rings. The lowest BCUT2D eigenvalue weighted by Gasteiger charge is -2.24. The van der Waals surface area contributed by atoms with Crippen LogP contribution in [0.4, 0.5) is 0 Å². The van der Waals surface area contributed by atoms with E-state index in [0.717, 1.165) is 31.6 Å². The molecule has 0 spiro atoms. The monoisotopic (exact) mass is 235 g/mol. The molecule has 0 aromatic carbocycles. The van der Waals surface area contributed by atoms with Crippen molar-refractivity contribution in [3.63, 3.8) is 0 Å². The molecular formula is C14H25N3. The van der Waals surface area contributed by atoms with Gasteiger partial charge in [0.05, 0.1) is 0 Å². The van der Waals surface area contributed by atoms with E-state index in [9.17, 15) is 0 Å². The second-order valence-corrected chi connectivity index (χ2v) is 4.88. The molecule has 3 nitrogen and oxygen atoms in total. The standard InChI is InChI=1S/C14H25N3/c1-4-12(2)14(15)11-17(3)10-8-13-7-5-6-9-16-13/h5-7,9,12,14H,4,8,10-11,15H2,1-3H3/t12-,14+/m1/s1. The largest absolute Gasteiger partial charge is 0.326 e. The molecule has 1 rings (SSSR count). The van der Waals surface area contributed by atoms with Gasteiger partial charge in [-0.25, -0.2) is 0 Å². The summed E-state index contributed by atoms with van der Waals surface area (Å²) >= 11 is 0. The molecule has 0 fully saturated rings. The zero-order chi connectivity index (χ0) is 12.7. The molecule has 1 heterocycles. The summed E-state index contributed by atoms with van der Waals surface area (Å²) < 4.78 is 0. The lowest BCUT2D eigenvalue weighted by atomic mass is 10.00. The van der Waals surface area contributed by atoms with Crippen molar-refractivity contribution in [1.82, 2.24) is 9.88 Å². The van der Waals surface area contributed by atoms with E-state index in [4.69, 9.17) is 5.73 Å². The fourth-order valence-corrected chi connectivity index (χ4v) is 1.79. The highest BCUT2D eigenvalue weighted by Crippen LogP contribution is 2.06. The Hall–Kier alpha value is -0.930. The Morgan fingerprint density at radius 3 is 2.76 bits per heavy atom. The summed E-state index contributed by atoms with van der Waals surface area (Å²) in [6, 6.07) is 6.33. The van der Waals surface area contributed by atoms with E-state index in [1.807, 2.05) is 18.3 Å². The van der Waals surface area contributed by atoms with Crippen molar-refractivity contribution < 1.29 is 0 Å². The predicted molar refractivity (Wildman–Crippen MR) is 72.9 cm³/mol. The minimum absolute atomic E-state index is 0.272. The van der Waals surface area contributed by atoms with E-state index in [1.165, 1.54) is 0 Å². The third-order valence-electron chi connectivity index (χ3n) is 3.37. The summed E-state index contributed by atoms with van der Waals surface area (Å²) in [6.07, 6.45) is 3.99. The number of aromatic nitrogens is 1. The Morgan fingerprint density at radius 2 is 2.18 bits per heavy atom. The van der Waals surface area contributed by atoms with E-state index in [0.29, 0.717) is 5.92 Å². The number of pyridine rings is 1. The van der Waals surface area contributed by atoms with Crippen LogP contribution >= 0.6 is 0 Å². The molecule has 0 aliphatic carbocycles. The summed E-state index contributed by atoms with van der Waals surface area (Å²) in [5.74, 6) is 0.590. The van der Waals surface area contributed by atoms with Gasteiger partial charge in [0.15, 0.2) is 0 Å². The zero-order valence-corrected chi connectivity index (χ0v) is 11.3. The lowest BCUT2D eigenvalue weighted by molar-refractivity contribution is 0.276. The van der Waals surface area contributed by atoms with Gasteiger partial charge in [-0.2, -0.15) is 0 Å². The molecule has 2 N–H and O–H groups in total. The van der Waals surface area contributed by atoms with Crippen LogP contribution in [-0.4, -0.2) is 36.1 Å². The smallest absolute Gasteiger partial charge is 0.0416 e. The van der Waals surface area contributed by atoms with Gasteiger partial charge in [0.2, 0.25) is 0 Å². The minimum Gasteiger partial charge on any atom is -0.326 e. The van der Waals surface area contributed by atoms with E-state index < -0.39 is 0 Å². The number of hydrogen-bond acceptors (Lipinski definition) is 3. The van der Waals surface area contributed by atoms with Crippen molar-refractivity contribution in [2.24, 2.45) is 11.7 Å². The van der Waals surface area contributed by atoms with Crippen molar-refractivity contribution in [2.45, 2.75) is 32.7 Å². The van der Waals surface area contributed by atoms with Crippen molar-refractivity contribution in [2.75, 3.05) is 20.1 Å². The third-order valence-corrected chi connectivity index (χ3v) is 3.37. The Morgan fingerprint density at radius 1 is 1.41 bits per heavy atom. The molecular weight excluding hydrogens is 210 g/mol. The molecule has 3 heteroatoms. The molecule has 0 amide bonds. The number of nitrogens with zero attached hydrogens (tertiary/aromatic N) is 2. The summed E-state index contributed by atoms with van der Waals surface area (Å²) in [5.41, 5.74) is 7.29. The molecule has 2 atom stereocenters. The molecule has 0 aliphatic rings. The highest BCUT2D eigenvalue weighted by molar-refractivity contribution is 5.03. The molecule has 0 saturated carbocycles. The normalized spacial score (nSPS) is 14.9. The molecule has 0 radical (unpaired) electrons. The maximum Gasteiger partial charge on any atom is 0.0416 e. The minimum atomic E-state index is 0.272. The maximum absolute atomic E-state index is 6.14. The number of likely N-dealkylation sites (N-methyl/N-ethyl adjacent to an activating group) is 1. The highest BCUT2D eigenvalue weighted by atomic mass is 15.1. The first-order valence-electron chi connectivity index (χ1n) is 6.47. The van der Waals surface area contributed by atoms with E-state index in [1.54, 1.807) is 0 Å². The Labute approximate surface area is 105 Å². The van der Waals surface area contributed by atoms with Gasteiger partial charge < -0.3 is 10.6 Å². The first kappa shape index (κ1) is 14.1. The van der Waals surface area contributed by atoms with Crippen LogP contribution in [0.1, 0.15) is 26.0 Å². The summed E-state index contributed by atoms with van der Waals surface area (Å²) in [7, 11) is 2.13. The average molecular weight is 235 g/mol. The first-order valence-corrected chi connectivity index (χ1v) is 6.47. The van der Waals surface area contributed by atoms with Crippen LogP contribution in [0.5, 0.6) is 0 Å². The van der Waals surface area contributed by atoms with Crippen LogP contribution < -0.4 is 5.73 Å². The van der Waals surface area contributed by atoms with Crippen LogP contribution in [-0.2, 0) is 6.42 Å². The Bertz CT molecular complexity index is 300. The summed E-state index contributed by atoms with van der Waals surface area (Å²) in [4.78, 5) is 6.62. The Kier molecular flexibility index (Phi) is 6.16. The molecule has 0 saturated heterocycles. The molecule has 0 unspecified atom stereocenters. The van der Waals surface area contributed by atoms with Crippen LogP contribution in [0.25, 0.3) is 0 Å². The number of rotatable bonds is 7. The van der Waals surface area contributed by atoms with Crippen LogP contribution in [0.15, 0.2) is 24.4 Å². The van der Waals surface area contributed by atoms with Gasteiger partial charge in [0.25, 0.3) is 0 Å². The Balaban J connectivity index is 2.28. The summed E-state index contributed by atoms with van der Waals surface area (Å²) in [5, 5.41) is 0. The average Bonchev–Trinajstić information content (AvgIpc) is 2.36. The van der Waals surface area contributed by atoms with Crippen molar-refractivity contribution in [3.05, 3.63) is 30.1 Å². The highest BCUT2D eigenvalue weighted by Gasteiger charge is 2.12. The fraction of sp³-hybridized carbons (Fsp3) is 0.643. The number of hydrogen-bond donors (Lipinski definition) is 1. The molecule has 0 aliphatic heterocycles. The quantitative estimate of drug-likeness (QED) is 0.785. The van der Waals surface area contributed by atoms with E-state index in [-0.39, 0.29) is 6.04 Å². The van der Waals surface area contributed by atoms with Gasteiger partial charge in [-0.3, -0.25) is 4.98 Å². The van der Waals surface area contributed by atoms with Gasteiger partial charge in [-0.15, -0.1) is 0 Å². The molecule has 0 bridgehead atoms. The number of nitrogens with two attached hydrogens (primary N) is 1. The van der Waals surface area contributed by atoms with E-state index in [2.05, 4.69) is 36.8 Å². The molecule has 17 heavy (non-hydrogen) atoms. The molecule has 1 aromatic heterocycles.